The third kappa shape index (κ3) is 2.82. The van der Waals surface area contributed by atoms with Gasteiger partial charge in [-0.1, -0.05) is 18.2 Å². The van der Waals surface area contributed by atoms with E-state index in [0.29, 0.717) is 5.92 Å². The van der Waals surface area contributed by atoms with Crippen molar-refractivity contribution in [2.24, 2.45) is 0 Å². The molecule has 7 nitrogen and oxygen atoms in total. The lowest BCUT2D eigenvalue weighted by atomic mass is 9.91. The molecule has 3 heterocycles. The molecule has 0 spiro atoms. The van der Waals surface area contributed by atoms with Gasteiger partial charge in [-0.05, 0) is 66.9 Å². The molecular weight excluding hydrogens is 302 g/mol. The van der Waals surface area contributed by atoms with E-state index in [1.54, 1.807) is 0 Å². The fourth-order valence-electron chi connectivity index (χ4n) is 3.48. The Morgan fingerprint density at radius 1 is 1.17 bits per heavy atom. The molecule has 3 aromatic rings. The lowest BCUT2D eigenvalue weighted by molar-refractivity contribution is 0.155. The molecule has 7 heteroatoms. The number of aromatic amines is 1. The molecule has 0 radical (unpaired) electrons. The van der Waals surface area contributed by atoms with Crippen LogP contribution in [0.4, 0.5) is 0 Å². The van der Waals surface area contributed by atoms with Gasteiger partial charge in [-0.2, -0.15) is 9.78 Å². The summed E-state index contributed by atoms with van der Waals surface area (Å²) in [6.07, 6.45) is 6.23. The number of rotatable bonds is 4. The van der Waals surface area contributed by atoms with E-state index in [0.717, 1.165) is 37.4 Å². The molecule has 1 unspecified atom stereocenters. The summed E-state index contributed by atoms with van der Waals surface area (Å²) in [6.45, 7) is 4.26. The highest BCUT2D eigenvalue weighted by atomic mass is 15.6. The van der Waals surface area contributed by atoms with Gasteiger partial charge in [0.25, 0.3) is 0 Å². The van der Waals surface area contributed by atoms with Crippen LogP contribution in [0, 0.1) is 0 Å². The molecule has 1 aliphatic rings. The number of nitrogens with one attached hydrogen (secondary N) is 1. The number of piperidine rings is 1. The Morgan fingerprint density at radius 2 is 1.96 bits per heavy atom. The van der Waals surface area contributed by atoms with Gasteiger partial charge in [0.1, 0.15) is 0 Å². The minimum absolute atomic E-state index is 0.186. The first-order chi connectivity index (χ1) is 11.8. The van der Waals surface area contributed by atoms with Gasteiger partial charge in [-0.25, -0.2) is 0 Å². The van der Waals surface area contributed by atoms with Crippen molar-refractivity contribution >= 4 is 0 Å². The molecule has 0 bridgehead atoms. The Bertz CT molecular complexity index is 757. The second kappa shape index (κ2) is 6.52. The number of H-pyrrole nitrogens is 1. The van der Waals surface area contributed by atoms with Crippen LogP contribution in [0.2, 0.25) is 0 Å². The molecule has 4 rings (SSSR count). The number of para-hydroxylation sites is 1. The largest absolute Gasteiger partial charge is 0.294 e. The summed E-state index contributed by atoms with van der Waals surface area (Å²) in [5.41, 5.74) is 2.31. The topological polar surface area (TPSA) is 75.5 Å². The van der Waals surface area contributed by atoms with Crippen molar-refractivity contribution in [3.63, 3.8) is 0 Å². The maximum atomic E-state index is 4.28. The average molecular weight is 323 g/mol. The molecular formula is C17H21N7. The monoisotopic (exact) mass is 323 g/mol. The minimum Gasteiger partial charge on any atom is -0.294 e. The molecule has 1 saturated heterocycles. The van der Waals surface area contributed by atoms with Crippen molar-refractivity contribution in [1.82, 2.24) is 35.3 Å². The van der Waals surface area contributed by atoms with Crippen molar-refractivity contribution < 1.29 is 0 Å². The summed E-state index contributed by atoms with van der Waals surface area (Å²) >= 11 is 0. The Labute approximate surface area is 140 Å². The molecule has 0 aliphatic carbocycles. The lowest BCUT2D eigenvalue weighted by Gasteiger charge is -2.35. The predicted octanol–water partition coefficient (Wildman–Crippen LogP) is 2.33. The first-order valence-corrected chi connectivity index (χ1v) is 8.39. The van der Waals surface area contributed by atoms with E-state index >= 15 is 0 Å². The van der Waals surface area contributed by atoms with E-state index < -0.39 is 0 Å². The van der Waals surface area contributed by atoms with Crippen molar-refractivity contribution in [2.75, 3.05) is 13.1 Å². The number of aromatic nitrogens is 6. The first kappa shape index (κ1) is 15.0. The summed E-state index contributed by atoms with van der Waals surface area (Å²) < 4.78 is 1.84. The number of nitrogens with zero attached hydrogens (tertiary/aromatic N) is 6. The SMILES string of the molecule is CC(c1nnnn1-c1ccccc1)N1CCC(c2cn[nH]c2)CC1. The van der Waals surface area contributed by atoms with Gasteiger partial charge >= 0.3 is 0 Å². The third-order valence-corrected chi connectivity index (χ3v) is 4.94. The van der Waals surface area contributed by atoms with Crippen LogP contribution in [0.3, 0.4) is 0 Å². The van der Waals surface area contributed by atoms with Crippen LogP contribution < -0.4 is 0 Å². The Morgan fingerprint density at radius 3 is 2.67 bits per heavy atom. The molecule has 1 aliphatic heterocycles. The van der Waals surface area contributed by atoms with Crippen molar-refractivity contribution in [2.45, 2.75) is 31.7 Å². The Balaban J connectivity index is 1.48. The maximum Gasteiger partial charge on any atom is 0.173 e. The van der Waals surface area contributed by atoms with E-state index in [1.807, 2.05) is 47.4 Å². The van der Waals surface area contributed by atoms with Crippen LogP contribution in [0.15, 0.2) is 42.7 Å². The highest BCUT2D eigenvalue weighted by Crippen LogP contribution is 2.31. The van der Waals surface area contributed by atoms with E-state index in [4.69, 9.17) is 0 Å². The number of hydrogen-bond acceptors (Lipinski definition) is 5. The van der Waals surface area contributed by atoms with Gasteiger partial charge in [0.15, 0.2) is 5.82 Å². The fraction of sp³-hybridized carbons (Fsp3) is 0.412. The Hall–Kier alpha value is -2.54. The normalized spacial score (nSPS) is 17.9. The maximum absolute atomic E-state index is 4.28. The standard InChI is InChI=1S/C17H21N7/c1-13(17-20-21-22-24(17)16-5-3-2-4-6-16)23-9-7-14(8-10-23)15-11-18-19-12-15/h2-6,11-14H,7-10H2,1H3,(H,18,19). The first-order valence-electron chi connectivity index (χ1n) is 8.39. The number of tetrazole rings is 1. The quantitative estimate of drug-likeness (QED) is 0.797. The summed E-state index contributed by atoms with van der Waals surface area (Å²) in [5, 5.41) is 19.3. The van der Waals surface area contributed by atoms with Crippen LogP contribution in [-0.4, -0.2) is 48.4 Å². The van der Waals surface area contributed by atoms with E-state index in [2.05, 4.69) is 37.5 Å². The smallest absolute Gasteiger partial charge is 0.173 e. The zero-order valence-electron chi connectivity index (χ0n) is 13.7. The van der Waals surface area contributed by atoms with Gasteiger partial charge in [0.05, 0.1) is 17.9 Å². The van der Waals surface area contributed by atoms with Gasteiger partial charge in [-0.3, -0.25) is 10.00 Å². The van der Waals surface area contributed by atoms with Crippen LogP contribution in [-0.2, 0) is 0 Å². The Kier molecular flexibility index (Phi) is 4.08. The van der Waals surface area contributed by atoms with Crippen LogP contribution in [0.1, 0.15) is 43.1 Å². The van der Waals surface area contributed by atoms with Gasteiger partial charge in [0, 0.05) is 6.20 Å². The molecule has 124 valence electrons. The van der Waals surface area contributed by atoms with Crippen molar-refractivity contribution in [3.05, 3.63) is 54.1 Å². The molecule has 0 amide bonds. The van der Waals surface area contributed by atoms with E-state index in [9.17, 15) is 0 Å². The number of hydrogen-bond donors (Lipinski definition) is 1. The molecule has 1 N–H and O–H groups in total. The van der Waals surface area contributed by atoms with E-state index in [-0.39, 0.29) is 6.04 Å². The third-order valence-electron chi connectivity index (χ3n) is 4.94. The molecule has 2 aromatic heterocycles. The fourth-order valence-corrected chi connectivity index (χ4v) is 3.48. The second-order valence-corrected chi connectivity index (χ2v) is 6.30. The summed E-state index contributed by atoms with van der Waals surface area (Å²) in [6, 6.07) is 10.2. The lowest BCUT2D eigenvalue weighted by Crippen LogP contribution is -2.36. The van der Waals surface area contributed by atoms with Crippen LogP contribution >= 0.6 is 0 Å². The highest BCUT2D eigenvalue weighted by molar-refractivity contribution is 5.31. The summed E-state index contributed by atoms with van der Waals surface area (Å²) in [4.78, 5) is 2.46. The highest BCUT2D eigenvalue weighted by Gasteiger charge is 2.28. The molecule has 0 saturated carbocycles. The van der Waals surface area contributed by atoms with Crippen LogP contribution in [0.25, 0.3) is 5.69 Å². The number of likely N-dealkylation sites (tertiary alicyclic amines) is 1. The molecule has 1 fully saturated rings. The second-order valence-electron chi connectivity index (χ2n) is 6.30. The minimum atomic E-state index is 0.186. The average Bonchev–Trinajstić information content (AvgIpc) is 3.34. The van der Waals surface area contributed by atoms with Crippen LogP contribution in [0.5, 0.6) is 0 Å². The van der Waals surface area contributed by atoms with Crippen molar-refractivity contribution in [1.29, 1.82) is 0 Å². The molecule has 1 atom stereocenters. The summed E-state index contributed by atoms with van der Waals surface area (Å²) in [5.74, 6) is 1.49. The van der Waals surface area contributed by atoms with Crippen molar-refractivity contribution in [3.8, 4) is 5.69 Å². The van der Waals surface area contributed by atoms with E-state index in [1.165, 1.54) is 5.56 Å². The summed E-state index contributed by atoms with van der Waals surface area (Å²) in [7, 11) is 0. The van der Waals surface area contributed by atoms with Gasteiger partial charge in [-0.15, -0.1) is 5.10 Å². The zero-order valence-corrected chi connectivity index (χ0v) is 13.7. The zero-order chi connectivity index (χ0) is 16.4. The number of benzene rings is 1. The predicted molar refractivity (Wildman–Crippen MR) is 89.7 cm³/mol. The van der Waals surface area contributed by atoms with Gasteiger partial charge in [0.2, 0.25) is 0 Å². The molecule has 24 heavy (non-hydrogen) atoms. The van der Waals surface area contributed by atoms with Gasteiger partial charge < -0.3 is 0 Å². The molecule has 1 aromatic carbocycles.